The van der Waals surface area contributed by atoms with Gasteiger partial charge in [-0.25, -0.2) is 0 Å². The second kappa shape index (κ2) is 6.56. The minimum absolute atomic E-state index is 0.0302. The summed E-state index contributed by atoms with van der Waals surface area (Å²) in [5, 5.41) is 5.79. The average molecular weight is 375 g/mol. The van der Waals surface area contributed by atoms with Gasteiger partial charge in [-0.1, -0.05) is 24.3 Å². The van der Waals surface area contributed by atoms with Crippen LogP contribution in [0.2, 0.25) is 0 Å². The fraction of sp³-hybridized carbons (Fsp3) is 0.619. The maximum atomic E-state index is 12.9. The minimum Gasteiger partial charge on any atom is -0.350 e. The van der Waals surface area contributed by atoms with Crippen LogP contribution in [0.15, 0.2) is 24.3 Å². The Morgan fingerprint density at radius 1 is 1.12 bits per heavy atom. The fourth-order valence-electron chi connectivity index (χ4n) is 5.83. The molecule has 4 bridgehead atoms. The van der Waals surface area contributed by atoms with Gasteiger partial charge in [-0.2, -0.15) is 0 Å². The van der Waals surface area contributed by atoms with Crippen molar-refractivity contribution >= 4 is 23.4 Å². The van der Waals surface area contributed by atoms with Gasteiger partial charge in [0.15, 0.2) is 0 Å². The molecule has 0 heterocycles. The van der Waals surface area contributed by atoms with Crippen LogP contribution in [0.1, 0.15) is 49.7 Å². The van der Waals surface area contributed by atoms with E-state index >= 15 is 0 Å². The zero-order chi connectivity index (χ0) is 18.4. The Bertz CT molecular complexity index is 718. The lowest BCUT2D eigenvalue weighted by Gasteiger charge is -2.59. The normalized spacial score (nSPS) is 34.5. The molecule has 26 heavy (non-hydrogen) atoms. The minimum atomic E-state index is -0.345. The molecule has 0 radical (unpaired) electrons. The van der Waals surface area contributed by atoms with Crippen LogP contribution >= 0.6 is 11.6 Å². The third-order valence-electron chi connectivity index (χ3n) is 6.62. The second-order valence-corrected chi connectivity index (χ2v) is 9.58. The fourth-order valence-corrected chi connectivity index (χ4v) is 6.52. The molecule has 2 amide bonds. The first-order valence-corrected chi connectivity index (χ1v) is 10.0. The first kappa shape index (κ1) is 17.8. The van der Waals surface area contributed by atoms with Crippen molar-refractivity contribution in [2.75, 3.05) is 6.54 Å². The lowest BCUT2D eigenvalue weighted by molar-refractivity contribution is -0.145. The molecule has 5 rings (SSSR count). The van der Waals surface area contributed by atoms with Crippen molar-refractivity contribution in [3.63, 3.8) is 0 Å². The molecule has 0 saturated heterocycles. The SMILES string of the molecule is Cc1ccccc1CNC(=O)CNC(=O)C12C[C@@H]3C[C@@H](CC(Cl)(C3)C1)C2. The van der Waals surface area contributed by atoms with Crippen LogP contribution in [0.3, 0.4) is 0 Å². The summed E-state index contributed by atoms with van der Waals surface area (Å²) in [6, 6.07) is 7.98. The molecule has 4 fully saturated rings. The van der Waals surface area contributed by atoms with Gasteiger partial charge >= 0.3 is 0 Å². The molecular formula is C21H27ClN2O2. The van der Waals surface area contributed by atoms with E-state index in [0.717, 1.165) is 43.2 Å². The van der Waals surface area contributed by atoms with Gasteiger partial charge in [0.05, 0.1) is 12.0 Å². The maximum absolute atomic E-state index is 12.9. The maximum Gasteiger partial charge on any atom is 0.239 e. The summed E-state index contributed by atoms with van der Waals surface area (Å²) in [6.45, 7) is 2.55. The predicted molar refractivity (Wildman–Crippen MR) is 102 cm³/mol. The van der Waals surface area contributed by atoms with Gasteiger partial charge in [-0.3, -0.25) is 9.59 Å². The van der Waals surface area contributed by atoms with Crippen LogP contribution in [0.25, 0.3) is 0 Å². The summed E-state index contributed by atoms with van der Waals surface area (Å²) in [5.74, 6) is 1.04. The number of rotatable bonds is 5. The number of carbonyl (C=O) groups is 2. The Kier molecular flexibility index (Phi) is 4.50. The van der Waals surface area contributed by atoms with Gasteiger partial charge in [0, 0.05) is 11.4 Å². The molecule has 0 aromatic heterocycles. The molecule has 4 atom stereocenters. The number of hydrogen-bond acceptors (Lipinski definition) is 2. The van der Waals surface area contributed by atoms with E-state index in [1.165, 1.54) is 6.42 Å². The highest BCUT2D eigenvalue weighted by Crippen LogP contribution is 2.63. The van der Waals surface area contributed by atoms with E-state index in [1.807, 2.05) is 31.2 Å². The number of carbonyl (C=O) groups excluding carboxylic acids is 2. The van der Waals surface area contributed by atoms with E-state index in [2.05, 4.69) is 10.6 Å². The van der Waals surface area contributed by atoms with Gasteiger partial charge in [0.25, 0.3) is 0 Å². The summed E-state index contributed by atoms with van der Waals surface area (Å²) >= 11 is 6.80. The van der Waals surface area contributed by atoms with Gasteiger partial charge in [0.2, 0.25) is 11.8 Å². The number of hydrogen-bond donors (Lipinski definition) is 2. The molecule has 4 aliphatic carbocycles. The highest BCUT2D eigenvalue weighted by molar-refractivity contribution is 6.24. The molecule has 4 saturated carbocycles. The first-order valence-electron chi connectivity index (χ1n) is 9.66. The van der Waals surface area contributed by atoms with Crippen molar-refractivity contribution in [1.82, 2.24) is 10.6 Å². The smallest absolute Gasteiger partial charge is 0.239 e. The Labute approximate surface area is 160 Å². The van der Waals surface area contributed by atoms with Gasteiger partial charge < -0.3 is 10.6 Å². The average Bonchev–Trinajstić information content (AvgIpc) is 2.56. The van der Waals surface area contributed by atoms with Crippen molar-refractivity contribution in [2.24, 2.45) is 17.3 Å². The summed E-state index contributed by atoms with van der Waals surface area (Å²) in [4.78, 5) is 24.9. The van der Waals surface area contributed by atoms with Crippen molar-refractivity contribution in [3.05, 3.63) is 35.4 Å². The van der Waals surface area contributed by atoms with Crippen LogP contribution in [-0.4, -0.2) is 23.2 Å². The first-order chi connectivity index (χ1) is 12.4. The zero-order valence-electron chi connectivity index (χ0n) is 15.3. The van der Waals surface area contributed by atoms with Crippen molar-refractivity contribution < 1.29 is 9.59 Å². The summed E-state index contributed by atoms with van der Waals surface area (Å²) < 4.78 is 0. The van der Waals surface area contributed by atoms with Crippen molar-refractivity contribution in [3.8, 4) is 0 Å². The quantitative estimate of drug-likeness (QED) is 0.777. The molecule has 5 heteroatoms. The standard InChI is InChI=1S/C21H27ClN2O2/c1-14-4-2-3-5-17(14)11-23-18(25)12-24-19(26)20-7-15-6-16(8-20)10-21(22,9-15)13-20/h2-5,15-16H,6-13H2,1H3,(H,23,25)(H,24,26)/t15-,16+,20?,21?. The second-order valence-electron chi connectivity index (χ2n) is 8.78. The van der Waals surface area contributed by atoms with Crippen LogP contribution in [0.4, 0.5) is 0 Å². The molecule has 4 nitrogen and oxygen atoms in total. The number of nitrogens with one attached hydrogen (secondary N) is 2. The van der Waals surface area contributed by atoms with Crippen molar-refractivity contribution in [2.45, 2.75) is 56.9 Å². The molecular weight excluding hydrogens is 348 g/mol. The van der Waals surface area contributed by atoms with Crippen LogP contribution < -0.4 is 10.6 Å². The number of aryl methyl sites for hydroxylation is 1. The molecule has 2 N–H and O–H groups in total. The molecule has 140 valence electrons. The van der Waals surface area contributed by atoms with E-state index in [4.69, 9.17) is 11.6 Å². The van der Waals surface area contributed by atoms with Crippen LogP contribution in [-0.2, 0) is 16.1 Å². The topological polar surface area (TPSA) is 58.2 Å². The zero-order valence-corrected chi connectivity index (χ0v) is 16.1. The van der Waals surface area contributed by atoms with Crippen LogP contribution in [0.5, 0.6) is 0 Å². The Morgan fingerprint density at radius 2 is 1.81 bits per heavy atom. The van der Waals surface area contributed by atoms with Crippen LogP contribution in [0, 0.1) is 24.2 Å². The molecule has 4 aliphatic rings. The van der Waals surface area contributed by atoms with Gasteiger partial charge in [-0.15, -0.1) is 11.6 Å². The monoisotopic (exact) mass is 374 g/mol. The summed E-state index contributed by atoms with van der Waals surface area (Å²) in [6.07, 6.45) is 5.98. The summed E-state index contributed by atoms with van der Waals surface area (Å²) in [7, 11) is 0. The lowest BCUT2D eigenvalue weighted by Crippen LogP contribution is -2.59. The number of alkyl halides is 1. The Balaban J connectivity index is 1.31. The highest BCUT2D eigenvalue weighted by atomic mass is 35.5. The number of benzene rings is 1. The third kappa shape index (κ3) is 3.36. The van der Waals surface area contributed by atoms with E-state index in [0.29, 0.717) is 18.4 Å². The largest absolute Gasteiger partial charge is 0.350 e. The molecule has 1 aromatic rings. The van der Waals surface area contributed by atoms with E-state index < -0.39 is 0 Å². The lowest BCUT2D eigenvalue weighted by atomic mass is 9.49. The molecule has 0 aliphatic heterocycles. The summed E-state index contributed by atoms with van der Waals surface area (Å²) in [5.41, 5.74) is 1.90. The van der Waals surface area contributed by atoms with Gasteiger partial charge in [0.1, 0.15) is 0 Å². The number of halogens is 1. The van der Waals surface area contributed by atoms with E-state index in [1.54, 1.807) is 0 Å². The van der Waals surface area contributed by atoms with E-state index in [9.17, 15) is 9.59 Å². The highest BCUT2D eigenvalue weighted by Gasteiger charge is 2.59. The molecule has 2 unspecified atom stereocenters. The van der Waals surface area contributed by atoms with Crippen molar-refractivity contribution in [1.29, 1.82) is 0 Å². The number of amides is 2. The van der Waals surface area contributed by atoms with E-state index in [-0.39, 0.29) is 28.6 Å². The Morgan fingerprint density at radius 3 is 2.46 bits per heavy atom. The molecule has 1 aromatic carbocycles. The Hall–Kier alpha value is -1.55. The molecule has 0 spiro atoms. The predicted octanol–water partition coefficient (Wildman–Crippen LogP) is 3.31. The van der Waals surface area contributed by atoms with Gasteiger partial charge in [-0.05, 0) is 68.4 Å². The third-order valence-corrected chi connectivity index (χ3v) is 7.06.